The van der Waals surface area contributed by atoms with Crippen LogP contribution in [0.25, 0.3) is 0 Å². The second-order valence-electron chi connectivity index (χ2n) is 16.1. The van der Waals surface area contributed by atoms with E-state index in [-0.39, 0.29) is 29.8 Å². The summed E-state index contributed by atoms with van der Waals surface area (Å²) in [5.74, 6) is 5.64. The second-order valence-corrected chi connectivity index (χ2v) is 16.1. The minimum atomic E-state index is -0.680. The van der Waals surface area contributed by atoms with Crippen molar-refractivity contribution in [1.82, 2.24) is 10.6 Å². The van der Waals surface area contributed by atoms with Crippen LogP contribution in [0.5, 0.6) is 17.2 Å². The van der Waals surface area contributed by atoms with Crippen molar-refractivity contribution in [2.45, 2.75) is 154 Å². The lowest BCUT2D eigenvalue weighted by molar-refractivity contribution is -0.141. The zero-order valence-corrected chi connectivity index (χ0v) is 36.9. The van der Waals surface area contributed by atoms with Gasteiger partial charge in [-0.1, -0.05) is 109 Å². The largest absolute Gasteiger partial charge is 0.494 e. The number of carbonyl (C=O) groups excluding carboxylic acids is 4. The highest BCUT2D eigenvalue weighted by Crippen LogP contribution is 2.29. The van der Waals surface area contributed by atoms with Crippen LogP contribution in [0.2, 0.25) is 0 Å². The van der Waals surface area contributed by atoms with Crippen molar-refractivity contribution < 1.29 is 38.1 Å². The number of carbonyl (C=O) groups is 4. The van der Waals surface area contributed by atoms with Crippen LogP contribution in [0.3, 0.4) is 0 Å². The Bertz CT molecular complexity index is 1650. The second kappa shape index (κ2) is 31.9. The van der Waals surface area contributed by atoms with Crippen molar-refractivity contribution in [1.29, 1.82) is 0 Å². The number of amides is 2. The number of hydrogen-bond acceptors (Lipinski definition) is 8. The molecule has 0 heterocycles. The van der Waals surface area contributed by atoms with Crippen molar-refractivity contribution in [3.05, 3.63) is 78.9 Å². The van der Waals surface area contributed by atoms with Gasteiger partial charge in [-0.3, -0.25) is 14.4 Å². The van der Waals surface area contributed by atoms with Gasteiger partial charge in [-0.2, -0.15) is 0 Å². The Labute approximate surface area is 366 Å². The summed E-state index contributed by atoms with van der Waals surface area (Å²) in [6, 6.07) is 13.8. The van der Waals surface area contributed by atoms with Crippen LogP contribution < -0.4 is 24.8 Å². The smallest absolute Gasteiger partial charge is 0.390 e. The third kappa shape index (κ3) is 24.2. The molecule has 1 aliphatic rings. The number of esters is 2. The predicted molar refractivity (Wildman–Crippen MR) is 242 cm³/mol. The number of hydrogen-bond donors (Lipinski definition) is 2. The van der Waals surface area contributed by atoms with Crippen LogP contribution >= 0.6 is 0 Å². The fraction of sp³-hybridized carbons (Fsp3) is 0.569. The molecule has 1 aliphatic carbocycles. The van der Waals surface area contributed by atoms with Gasteiger partial charge >= 0.3 is 11.9 Å². The number of ether oxygens (including phenoxy) is 4. The zero-order chi connectivity index (χ0) is 43.8. The van der Waals surface area contributed by atoms with E-state index in [1.807, 2.05) is 24.3 Å². The third-order valence-electron chi connectivity index (χ3n) is 10.8. The van der Waals surface area contributed by atoms with E-state index in [0.29, 0.717) is 29.2 Å². The molecule has 0 spiro atoms. The third-order valence-corrected chi connectivity index (χ3v) is 10.8. The van der Waals surface area contributed by atoms with Crippen molar-refractivity contribution >= 4 is 23.8 Å². The molecule has 0 aliphatic heterocycles. The summed E-state index contributed by atoms with van der Waals surface area (Å²) >= 11 is 0. The summed E-state index contributed by atoms with van der Waals surface area (Å²) in [4.78, 5) is 47.8. The normalized spacial score (nSPS) is 14.5. The fourth-order valence-corrected chi connectivity index (χ4v) is 7.14. The molecule has 334 valence electrons. The average Bonchev–Trinajstić information content (AvgIpc) is 3.27. The summed E-state index contributed by atoms with van der Waals surface area (Å²) in [5.41, 5.74) is 1.24. The molecular formula is C51H72N2O8. The first kappa shape index (κ1) is 50.5. The summed E-state index contributed by atoms with van der Waals surface area (Å²) < 4.78 is 23.0. The first-order valence-electron chi connectivity index (χ1n) is 23.0. The first-order valence-corrected chi connectivity index (χ1v) is 23.0. The Hall–Kier alpha value is -4.88. The van der Waals surface area contributed by atoms with Gasteiger partial charge in [0.2, 0.25) is 11.8 Å². The van der Waals surface area contributed by atoms with Crippen molar-refractivity contribution in [2.24, 2.45) is 5.92 Å². The lowest BCUT2D eigenvalue weighted by atomic mass is 9.87. The van der Waals surface area contributed by atoms with E-state index in [4.69, 9.17) is 18.9 Å². The molecule has 0 unspecified atom stereocenters. The van der Waals surface area contributed by atoms with E-state index in [0.717, 1.165) is 96.1 Å². The van der Waals surface area contributed by atoms with Crippen LogP contribution in [0.15, 0.2) is 73.3 Å². The fourth-order valence-electron chi connectivity index (χ4n) is 7.14. The number of benzene rings is 2. The van der Waals surface area contributed by atoms with Gasteiger partial charge in [0.05, 0.1) is 18.6 Å². The molecule has 10 heteroatoms. The summed E-state index contributed by atoms with van der Waals surface area (Å²) in [5, 5.41) is 5.69. The van der Waals surface area contributed by atoms with Gasteiger partial charge in [-0.05, 0) is 113 Å². The standard InChI is InChI=1S/C51H72N2O8/c1-4-48(54)52-37-19-15-11-7-5-9-14-18-22-40-59-45-30-26-43(27-31-45)51(57)61-47-34-32-46(33-35-47)60-49(55)36-25-42-23-28-44(29-24-42)58-39-21-17-13-10-6-8-12-16-20-38-53-50(56)41(2)3/h4,23-24,28-29,32-35,43,45H,1-2,5-22,26-27,30-31,37-40H2,3H3,(H,52,54)(H,53,56). The molecule has 1 saturated carbocycles. The maximum absolute atomic E-state index is 12.9. The number of unbranched alkanes of at least 4 members (excludes halogenated alkanes) is 16. The maximum Gasteiger partial charge on any atom is 0.390 e. The Morgan fingerprint density at radius 1 is 0.623 bits per heavy atom. The van der Waals surface area contributed by atoms with Crippen LogP contribution in [0.4, 0.5) is 0 Å². The highest BCUT2D eigenvalue weighted by atomic mass is 16.5. The van der Waals surface area contributed by atoms with Crippen molar-refractivity contribution in [3.63, 3.8) is 0 Å². The molecule has 3 rings (SSSR count). The molecule has 1 fully saturated rings. The lowest BCUT2D eigenvalue weighted by Crippen LogP contribution is -2.29. The van der Waals surface area contributed by atoms with Crippen LogP contribution in [-0.2, 0) is 23.9 Å². The van der Waals surface area contributed by atoms with Gasteiger partial charge in [0.25, 0.3) is 0 Å². The molecule has 2 aromatic rings. The molecule has 0 atom stereocenters. The molecule has 2 amide bonds. The monoisotopic (exact) mass is 841 g/mol. The molecular weight excluding hydrogens is 769 g/mol. The molecule has 0 aromatic heterocycles. The minimum Gasteiger partial charge on any atom is -0.494 e. The highest BCUT2D eigenvalue weighted by molar-refractivity contribution is 5.92. The Morgan fingerprint density at radius 2 is 1.10 bits per heavy atom. The minimum absolute atomic E-state index is 0.0538. The van der Waals surface area contributed by atoms with E-state index < -0.39 is 5.97 Å². The van der Waals surface area contributed by atoms with Gasteiger partial charge in [0.1, 0.15) is 17.2 Å². The van der Waals surface area contributed by atoms with Crippen LogP contribution in [0, 0.1) is 17.8 Å². The quantitative estimate of drug-likeness (QED) is 0.0252. The molecule has 0 radical (unpaired) electrons. The first-order chi connectivity index (χ1) is 29.7. The van der Waals surface area contributed by atoms with Gasteiger partial charge in [0, 0.05) is 36.8 Å². The molecule has 61 heavy (non-hydrogen) atoms. The predicted octanol–water partition coefficient (Wildman–Crippen LogP) is 10.5. The lowest BCUT2D eigenvalue weighted by Gasteiger charge is -2.27. The summed E-state index contributed by atoms with van der Waals surface area (Å²) in [7, 11) is 0. The molecule has 2 N–H and O–H groups in total. The van der Waals surface area contributed by atoms with E-state index in [2.05, 4.69) is 35.6 Å². The van der Waals surface area contributed by atoms with Gasteiger partial charge in [0.15, 0.2) is 0 Å². The molecule has 2 aromatic carbocycles. The van der Waals surface area contributed by atoms with Gasteiger partial charge < -0.3 is 29.6 Å². The Morgan fingerprint density at radius 3 is 1.64 bits per heavy atom. The number of rotatable bonds is 31. The van der Waals surface area contributed by atoms with E-state index in [1.165, 1.54) is 76.7 Å². The number of nitrogens with one attached hydrogen (secondary N) is 2. The average molecular weight is 841 g/mol. The topological polar surface area (TPSA) is 129 Å². The van der Waals surface area contributed by atoms with Crippen molar-refractivity contribution in [3.8, 4) is 29.1 Å². The highest BCUT2D eigenvalue weighted by Gasteiger charge is 2.28. The Kier molecular flexibility index (Phi) is 26.4. The van der Waals surface area contributed by atoms with Gasteiger partial charge in [-0.25, -0.2) is 4.79 Å². The molecule has 0 bridgehead atoms. The van der Waals surface area contributed by atoms with Gasteiger partial charge in [-0.15, -0.1) is 0 Å². The van der Waals surface area contributed by atoms with Crippen LogP contribution in [0.1, 0.15) is 154 Å². The maximum atomic E-state index is 12.9. The van der Waals surface area contributed by atoms with Crippen LogP contribution in [-0.4, -0.2) is 56.2 Å². The SMILES string of the molecule is C=CC(=O)NCCCCCCCCCCCOC1CCC(C(=O)Oc2ccc(OC(=O)C#Cc3ccc(OCCCCCCCCCCCNC(=O)C(=C)C)cc3)cc2)CC1. The summed E-state index contributed by atoms with van der Waals surface area (Å²) in [6.07, 6.45) is 25.8. The summed E-state index contributed by atoms with van der Waals surface area (Å²) in [6.45, 7) is 11.7. The molecule has 10 nitrogen and oxygen atoms in total. The van der Waals surface area contributed by atoms with Crippen molar-refractivity contribution in [2.75, 3.05) is 26.3 Å². The Balaban J connectivity index is 1.17. The van der Waals surface area contributed by atoms with E-state index in [9.17, 15) is 19.2 Å². The van der Waals surface area contributed by atoms with E-state index in [1.54, 1.807) is 31.2 Å². The zero-order valence-electron chi connectivity index (χ0n) is 36.9. The molecule has 0 saturated heterocycles. The van der Waals surface area contributed by atoms with E-state index >= 15 is 0 Å².